The summed E-state index contributed by atoms with van der Waals surface area (Å²) in [5.41, 5.74) is -1.32. The lowest BCUT2D eigenvalue weighted by Gasteiger charge is -2.17. The van der Waals surface area contributed by atoms with Crippen molar-refractivity contribution in [1.29, 1.82) is 0 Å². The van der Waals surface area contributed by atoms with Gasteiger partial charge in [0.15, 0.2) is 0 Å². The van der Waals surface area contributed by atoms with Gasteiger partial charge in [-0.15, -0.1) is 0 Å². The molecule has 1 atom stereocenters. The summed E-state index contributed by atoms with van der Waals surface area (Å²) in [5.74, 6) is 0. The molecule has 0 radical (unpaired) electrons. The lowest BCUT2D eigenvalue weighted by Crippen LogP contribution is -2.33. The second-order valence-electron chi connectivity index (χ2n) is 4.46. The number of hydrogen-bond donors (Lipinski definition) is 2. The monoisotopic (exact) mass is 311 g/mol. The quantitative estimate of drug-likeness (QED) is 0.875. The smallest absolute Gasteiger partial charge is 0.396 e. The van der Waals surface area contributed by atoms with Gasteiger partial charge in [-0.2, -0.15) is 13.2 Å². The van der Waals surface area contributed by atoms with Crippen LogP contribution < -0.4 is 4.72 Å². The van der Waals surface area contributed by atoms with Gasteiger partial charge in [-0.3, -0.25) is 0 Å². The second kappa shape index (κ2) is 6.11. The third-order valence-electron chi connectivity index (χ3n) is 2.80. The van der Waals surface area contributed by atoms with E-state index in [1.807, 2.05) is 0 Å². The number of nitrogens with one attached hydrogen (secondary N) is 1. The Balaban J connectivity index is 3.20. The maximum Gasteiger partial charge on any atom is 0.416 e. The third-order valence-corrected chi connectivity index (χ3v) is 4.53. The van der Waals surface area contributed by atoms with Gasteiger partial charge in [0.1, 0.15) is 0 Å². The fourth-order valence-electron chi connectivity index (χ4n) is 1.79. The summed E-state index contributed by atoms with van der Waals surface area (Å²) in [7, 11) is -4.06. The van der Waals surface area contributed by atoms with Crippen molar-refractivity contribution in [3.63, 3.8) is 0 Å². The highest BCUT2D eigenvalue weighted by atomic mass is 32.2. The van der Waals surface area contributed by atoms with Gasteiger partial charge < -0.3 is 5.11 Å². The van der Waals surface area contributed by atoms with E-state index in [-0.39, 0.29) is 18.6 Å². The van der Waals surface area contributed by atoms with Gasteiger partial charge in [0.2, 0.25) is 10.0 Å². The molecular weight excluding hydrogens is 295 g/mol. The van der Waals surface area contributed by atoms with Crippen molar-refractivity contribution in [2.45, 2.75) is 37.4 Å². The van der Waals surface area contributed by atoms with Crippen molar-refractivity contribution in [3.8, 4) is 0 Å². The van der Waals surface area contributed by atoms with Gasteiger partial charge in [0.25, 0.3) is 0 Å². The van der Waals surface area contributed by atoms with Gasteiger partial charge in [-0.05, 0) is 38.0 Å². The Kier molecular flexibility index (Phi) is 5.17. The van der Waals surface area contributed by atoms with E-state index >= 15 is 0 Å². The van der Waals surface area contributed by atoms with Crippen LogP contribution in [-0.2, 0) is 16.2 Å². The first kappa shape index (κ1) is 16.9. The number of benzene rings is 1. The standard InChI is InChI=1S/C12H16F3NO3S/c1-8(6-7-17)16-20(18,19)11-5-3-4-10(9(11)2)12(13,14)15/h3-5,8,16-17H,6-7H2,1-2H3. The van der Waals surface area contributed by atoms with Crippen molar-refractivity contribution in [2.24, 2.45) is 0 Å². The number of rotatable bonds is 5. The van der Waals surface area contributed by atoms with Crippen LogP contribution in [0.5, 0.6) is 0 Å². The van der Waals surface area contributed by atoms with Crippen LogP contribution in [0.15, 0.2) is 23.1 Å². The number of aliphatic hydroxyl groups is 1. The van der Waals surface area contributed by atoms with Crippen molar-refractivity contribution in [2.75, 3.05) is 6.61 Å². The summed E-state index contributed by atoms with van der Waals surface area (Å²) in [5, 5.41) is 8.73. The summed E-state index contributed by atoms with van der Waals surface area (Å²) < 4.78 is 64.6. The van der Waals surface area contributed by atoms with Gasteiger partial charge in [0, 0.05) is 12.6 Å². The molecule has 4 nitrogen and oxygen atoms in total. The summed E-state index contributed by atoms with van der Waals surface area (Å²) in [6, 6.07) is 2.45. The number of sulfonamides is 1. The van der Waals surface area contributed by atoms with Crippen LogP contribution in [0.3, 0.4) is 0 Å². The minimum atomic E-state index is -4.60. The maximum atomic E-state index is 12.8. The normalized spacial score (nSPS) is 14.3. The van der Waals surface area contributed by atoms with Crippen molar-refractivity contribution in [1.82, 2.24) is 4.72 Å². The van der Waals surface area contributed by atoms with Crippen LogP contribution >= 0.6 is 0 Å². The molecule has 20 heavy (non-hydrogen) atoms. The molecular formula is C12H16F3NO3S. The highest BCUT2D eigenvalue weighted by Gasteiger charge is 2.34. The van der Waals surface area contributed by atoms with Crippen molar-refractivity contribution < 1.29 is 26.7 Å². The number of hydrogen-bond acceptors (Lipinski definition) is 3. The zero-order valence-electron chi connectivity index (χ0n) is 11.0. The van der Waals surface area contributed by atoms with E-state index in [0.29, 0.717) is 0 Å². The molecule has 0 aliphatic heterocycles. The molecule has 0 saturated carbocycles. The molecule has 114 valence electrons. The van der Waals surface area contributed by atoms with Crippen LogP contribution in [0.2, 0.25) is 0 Å². The van der Waals surface area contributed by atoms with Crippen LogP contribution in [0, 0.1) is 6.92 Å². The molecule has 0 spiro atoms. The van der Waals surface area contributed by atoms with Crippen molar-refractivity contribution in [3.05, 3.63) is 29.3 Å². The first-order valence-corrected chi connectivity index (χ1v) is 7.38. The second-order valence-corrected chi connectivity index (χ2v) is 6.14. The van der Waals surface area contributed by atoms with Crippen molar-refractivity contribution >= 4 is 10.0 Å². The molecule has 0 saturated heterocycles. The van der Waals surface area contributed by atoms with E-state index in [1.165, 1.54) is 6.92 Å². The zero-order valence-corrected chi connectivity index (χ0v) is 11.8. The predicted molar refractivity (Wildman–Crippen MR) is 67.7 cm³/mol. The van der Waals surface area contributed by atoms with Crippen LogP contribution in [0.4, 0.5) is 13.2 Å². The third kappa shape index (κ3) is 3.94. The van der Waals surface area contributed by atoms with Gasteiger partial charge in [-0.1, -0.05) is 6.07 Å². The Morgan fingerprint density at radius 3 is 2.45 bits per heavy atom. The van der Waals surface area contributed by atoms with Crippen LogP contribution in [0.25, 0.3) is 0 Å². The highest BCUT2D eigenvalue weighted by Crippen LogP contribution is 2.34. The number of halogens is 3. The molecule has 0 fully saturated rings. The minimum Gasteiger partial charge on any atom is -0.396 e. The van der Waals surface area contributed by atoms with Crippen LogP contribution in [0.1, 0.15) is 24.5 Å². The molecule has 0 aliphatic rings. The molecule has 1 unspecified atom stereocenters. The Bertz CT molecular complexity index is 570. The molecule has 0 heterocycles. The maximum absolute atomic E-state index is 12.8. The molecule has 2 N–H and O–H groups in total. The van der Waals surface area contributed by atoms with E-state index in [0.717, 1.165) is 25.1 Å². The van der Waals surface area contributed by atoms with E-state index in [1.54, 1.807) is 0 Å². The van der Waals surface area contributed by atoms with Gasteiger partial charge >= 0.3 is 6.18 Å². The predicted octanol–water partition coefficient (Wildman–Crippen LogP) is 2.06. The molecule has 1 aromatic rings. The highest BCUT2D eigenvalue weighted by molar-refractivity contribution is 7.89. The first-order valence-electron chi connectivity index (χ1n) is 5.89. The molecule has 0 amide bonds. The Morgan fingerprint density at radius 2 is 1.95 bits per heavy atom. The number of aliphatic hydroxyl groups excluding tert-OH is 1. The fraction of sp³-hybridized carbons (Fsp3) is 0.500. The Morgan fingerprint density at radius 1 is 1.35 bits per heavy atom. The molecule has 0 bridgehead atoms. The fourth-order valence-corrected chi connectivity index (χ4v) is 3.34. The lowest BCUT2D eigenvalue weighted by atomic mass is 10.1. The summed E-state index contributed by atoms with van der Waals surface area (Å²) in [4.78, 5) is -0.405. The molecule has 1 aromatic carbocycles. The summed E-state index contributed by atoms with van der Waals surface area (Å²) >= 11 is 0. The largest absolute Gasteiger partial charge is 0.416 e. The molecule has 0 aromatic heterocycles. The van der Waals surface area contributed by atoms with E-state index < -0.39 is 32.7 Å². The van der Waals surface area contributed by atoms with E-state index in [2.05, 4.69) is 4.72 Å². The summed E-state index contributed by atoms with van der Waals surface area (Å²) in [6.45, 7) is 2.43. The Hall–Kier alpha value is -1.12. The molecule has 1 rings (SSSR count). The van der Waals surface area contributed by atoms with Crippen LogP contribution in [-0.4, -0.2) is 26.2 Å². The number of alkyl halides is 3. The van der Waals surface area contributed by atoms with E-state index in [4.69, 9.17) is 5.11 Å². The SMILES string of the molecule is Cc1c(C(F)(F)F)cccc1S(=O)(=O)NC(C)CCO. The lowest BCUT2D eigenvalue weighted by molar-refractivity contribution is -0.138. The Labute approximate surface area is 115 Å². The average Bonchev–Trinajstić information content (AvgIpc) is 2.26. The van der Waals surface area contributed by atoms with Gasteiger partial charge in [-0.25, -0.2) is 13.1 Å². The topological polar surface area (TPSA) is 66.4 Å². The first-order chi connectivity index (χ1) is 9.09. The summed E-state index contributed by atoms with van der Waals surface area (Å²) in [6.07, 6.45) is -4.43. The zero-order chi connectivity index (χ0) is 15.6. The van der Waals surface area contributed by atoms with E-state index in [9.17, 15) is 21.6 Å². The molecule has 8 heteroatoms. The molecule has 0 aliphatic carbocycles. The average molecular weight is 311 g/mol. The minimum absolute atomic E-state index is 0.178. The van der Waals surface area contributed by atoms with Gasteiger partial charge in [0.05, 0.1) is 10.5 Å².